The Kier molecular flexibility index (Phi) is 3.45. The van der Waals surface area contributed by atoms with Crippen LogP contribution in [0.1, 0.15) is 17.7 Å². The molecule has 0 aliphatic carbocycles. The number of fused-ring (bicyclic) bond motifs is 1. The molecule has 3 nitrogen and oxygen atoms in total. The van der Waals surface area contributed by atoms with Crippen molar-refractivity contribution in [1.29, 1.82) is 0 Å². The highest BCUT2D eigenvalue weighted by Gasteiger charge is 2.32. The molecular weight excluding hydrogens is 281 g/mol. The monoisotopic (exact) mass is 294 g/mol. The minimum atomic E-state index is -4.48. The van der Waals surface area contributed by atoms with Gasteiger partial charge in [0, 0.05) is 12.6 Å². The molecule has 110 valence electrons. The Morgan fingerprint density at radius 2 is 1.90 bits per heavy atom. The zero-order valence-corrected chi connectivity index (χ0v) is 11.1. The van der Waals surface area contributed by atoms with Gasteiger partial charge >= 0.3 is 6.18 Å². The Morgan fingerprint density at radius 3 is 2.71 bits per heavy atom. The first-order chi connectivity index (χ1) is 10.0. The van der Waals surface area contributed by atoms with Gasteiger partial charge in [0.15, 0.2) is 5.75 Å². The van der Waals surface area contributed by atoms with Crippen LogP contribution >= 0.6 is 0 Å². The summed E-state index contributed by atoms with van der Waals surface area (Å²) in [7, 11) is 0. The largest absolute Gasteiger partial charge is 0.437 e. The smallest absolute Gasteiger partial charge is 0.433 e. The Hall–Kier alpha value is -2.24. The number of aromatic nitrogens is 1. The van der Waals surface area contributed by atoms with Crippen molar-refractivity contribution < 1.29 is 17.9 Å². The number of nitrogens with zero attached hydrogens (tertiary/aromatic N) is 1. The molecule has 0 atom stereocenters. The molecule has 0 saturated carbocycles. The second kappa shape index (κ2) is 5.27. The average Bonchev–Trinajstić information content (AvgIpc) is 2.47. The molecule has 0 unspecified atom stereocenters. The topological polar surface area (TPSA) is 34.1 Å². The predicted octanol–water partition coefficient (Wildman–Crippen LogP) is 4.25. The van der Waals surface area contributed by atoms with E-state index in [4.69, 9.17) is 4.74 Å². The highest BCUT2D eigenvalue weighted by atomic mass is 19.4. The van der Waals surface area contributed by atoms with Gasteiger partial charge in [0.25, 0.3) is 0 Å². The quantitative estimate of drug-likeness (QED) is 0.899. The standard InChI is InChI=1S/C15H13F3N2O/c16-15(17,18)12-7-2-8-13(20-12)21-11-6-1-4-10-5-3-9-19-14(10)11/h1-2,4,6-8,19H,3,5,9H2. The van der Waals surface area contributed by atoms with Crippen LogP contribution in [0.3, 0.4) is 0 Å². The third-order valence-electron chi connectivity index (χ3n) is 3.27. The van der Waals surface area contributed by atoms with Crippen LogP contribution < -0.4 is 10.1 Å². The van der Waals surface area contributed by atoms with E-state index in [2.05, 4.69) is 10.3 Å². The van der Waals surface area contributed by atoms with E-state index in [0.29, 0.717) is 5.75 Å². The summed E-state index contributed by atoms with van der Waals surface area (Å²) >= 11 is 0. The van der Waals surface area contributed by atoms with E-state index < -0.39 is 11.9 Å². The van der Waals surface area contributed by atoms with Crippen molar-refractivity contribution in [3.8, 4) is 11.6 Å². The van der Waals surface area contributed by atoms with E-state index in [-0.39, 0.29) is 5.88 Å². The fraction of sp³-hybridized carbons (Fsp3) is 0.267. The Labute approximate surface area is 119 Å². The number of halogens is 3. The number of benzene rings is 1. The number of alkyl halides is 3. The molecule has 0 bridgehead atoms. The van der Waals surface area contributed by atoms with Crippen LogP contribution in [0.5, 0.6) is 11.6 Å². The number of nitrogens with one attached hydrogen (secondary N) is 1. The average molecular weight is 294 g/mol. The van der Waals surface area contributed by atoms with Crippen LogP contribution in [0.15, 0.2) is 36.4 Å². The molecule has 1 N–H and O–H groups in total. The number of aryl methyl sites for hydroxylation is 1. The minimum absolute atomic E-state index is 0.0643. The molecular formula is C15H13F3N2O. The molecule has 0 radical (unpaired) electrons. The molecule has 0 amide bonds. The van der Waals surface area contributed by atoms with Crippen molar-refractivity contribution in [2.24, 2.45) is 0 Å². The zero-order chi connectivity index (χ0) is 14.9. The summed E-state index contributed by atoms with van der Waals surface area (Å²) in [5, 5.41) is 3.22. The molecule has 2 heterocycles. The molecule has 6 heteroatoms. The third kappa shape index (κ3) is 2.94. The minimum Gasteiger partial charge on any atom is -0.437 e. The summed E-state index contributed by atoms with van der Waals surface area (Å²) in [5.74, 6) is 0.435. The van der Waals surface area contributed by atoms with Crippen LogP contribution in [0.25, 0.3) is 0 Å². The van der Waals surface area contributed by atoms with Crippen molar-refractivity contribution in [2.45, 2.75) is 19.0 Å². The number of hydrogen-bond acceptors (Lipinski definition) is 3. The molecule has 3 rings (SSSR count). The summed E-state index contributed by atoms with van der Waals surface area (Å²) < 4.78 is 43.5. The summed E-state index contributed by atoms with van der Waals surface area (Å²) in [6, 6.07) is 9.15. The van der Waals surface area contributed by atoms with Crippen molar-refractivity contribution in [3.05, 3.63) is 47.7 Å². The van der Waals surface area contributed by atoms with Gasteiger partial charge in [0.2, 0.25) is 5.88 Å². The lowest BCUT2D eigenvalue weighted by Gasteiger charge is -2.20. The first-order valence-electron chi connectivity index (χ1n) is 6.62. The summed E-state index contributed by atoms with van der Waals surface area (Å²) in [4.78, 5) is 3.51. The first-order valence-corrected chi connectivity index (χ1v) is 6.62. The van der Waals surface area contributed by atoms with Crippen LogP contribution in [-0.2, 0) is 12.6 Å². The Morgan fingerprint density at radius 1 is 1.10 bits per heavy atom. The molecule has 1 aliphatic rings. The summed E-state index contributed by atoms with van der Waals surface area (Å²) in [6.45, 7) is 0.823. The van der Waals surface area contributed by atoms with E-state index in [9.17, 15) is 13.2 Å². The number of rotatable bonds is 2. The lowest BCUT2D eigenvalue weighted by molar-refractivity contribution is -0.141. The van der Waals surface area contributed by atoms with Gasteiger partial charge < -0.3 is 10.1 Å². The molecule has 1 aliphatic heterocycles. The van der Waals surface area contributed by atoms with Gasteiger partial charge in [-0.1, -0.05) is 18.2 Å². The number of anilines is 1. The molecule has 1 aromatic heterocycles. The van der Waals surface area contributed by atoms with E-state index in [1.54, 1.807) is 6.07 Å². The van der Waals surface area contributed by atoms with Gasteiger partial charge in [-0.05, 0) is 30.5 Å². The molecule has 0 fully saturated rings. The van der Waals surface area contributed by atoms with Crippen LogP contribution in [-0.4, -0.2) is 11.5 Å². The van der Waals surface area contributed by atoms with Gasteiger partial charge in [0.1, 0.15) is 5.69 Å². The van der Waals surface area contributed by atoms with Crippen molar-refractivity contribution in [1.82, 2.24) is 4.98 Å². The van der Waals surface area contributed by atoms with E-state index >= 15 is 0 Å². The van der Waals surface area contributed by atoms with Crippen LogP contribution in [0.2, 0.25) is 0 Å². The van der Waals surface area contributed by atoms with Gasteiger partial charge in [-0.25, -0.2) is 4.98 Å². The lowest BCUT2D eigenvalue weighted by atomic mass is 10.0. The van der Waals surface area contributed by atoms with E-state index in [1.165, 1.54) is 12.1 Å². The third-order valence-corrected chi connectivity index (χ3v) is 3.27. The molecule has 0 saturated heterocycles. The highest BCUT2D eigenvalue weighted by molar-refractivity contribution is 5.64. The second-order valence-electron chi connectivity index (χ2n) is 4.78. The molecule has 0 spiro atoms. The maximum atomic E-state index is 12.6. The highest BCUT2D eigenvalue weighted by Crippen LogP contribution is 2.35. The molecule has 2 aromatic rings. The van der Waals surface area contributed by atoms with Crippen molar-refractivity contribution >= 4 is 5.69 Å². The predicted molar refractivity (Wildman–Crippen MR) is 72.6 cm³/mol. The maximum Gasteiger partial charge on any atom is 0.433 e. The fourth-order valence-electron chi connectivity index (χ4n) is 2.31. The maximum absolute atomic E-state index is 12.6. The van der Waals surface area contributed by atoms with Crippen molar-refractivity contribution in [3.63, 3.8) is 0 Å². The lowest BCUT2D eigenvalue weighted by Crippen LogP contribution is -2.12. The Balaban J connectivity index is 1.91. The normalized spacial score (nSPS) is 14.2. The zero-order valence-electron chi connectivity index (χ0n) is 11.1. The summed E-state index contributed by atoms with van der Waals surface area (Å²) in [5.41, 5.74) is 0.978. The Bertz CT molecular complexity index is 656. The number of para-hydroxylation sites is 1. The fourth-order valence-corrected chi connectivity index (χ4v) is 2.31. The number of hydrogen-bond donors (Lipinski definition) is 1. The first kappa shape index (κ1) is 13.7. The number of ether oxygens (including phenoxy) is 1. The summed E-state index contributed by atoms with van der Waals surface area (Å²) in [6.07, 6.45) is -2.53. The molecule has 1 aromatic carbocycles. The van der Waals surface area contributed by atoms with Gasteiger partial charge in [0.05, 0.1) is 5.69 Å². The molecule has 21 heavy (non-hydrogen) atoms. The van der Waals surface area contributed by atoms with Crippen LogP contribution in [0.4, 0.5) is 18.9 Å². The van der Waals surface area contributed by atoms with Gasteiger partial charge in [-0.15, -0.1) is 0 Å². The van der Waals surface area contributed by atoms with E-state index in [0.717, 1.165) is 36.7 Å². The SMILES string of the molecule is FC(F)(F)c1cccc(Oc2cccc3c2NCCC3)n1. The van der Waals surface area contributed by atoms with Gasteiger partial charge in [-0.3, -0.25) is 0 Å². The van der Waals surface area contributed by atoms with Crippen molar-refractivity contribution in [2.75, 3.05) is 11.9 Å². The second-order valence-corrected chi connectivity index (χ2v) is 4.78. The van der Waals surface area contributed by atoms with Gasteiger partial charge in [-0.2, -0.15) is 13.2 Å². The van der Waals surface area contributed by atoms with E-state index in [1.807, 2.05) is 12.1 Å². The number of pyridine rings is 1. The van der Waals surface area contributed by atoms with Crippen LogP contribution in [0, 0.1) is 0 Å².